The summed E-state index contributed by atoms with van der Waals surface area (Å²) in [4.78, 5) is 46.8. The molecule has 0 unspecified atom stereocenters. The average molecular weight is 417 g/mol. The van der Waals surface area contributed by atoms with E-state index in [2.05, 4.69) is 10.3 Å². The summed E-state index contributed by atoms with van der Waals surface area (Å²) in [5.74, 6) is 0.959. The summed E-state index contributed by atoms with van der Waals surface area (Å²) < 4.78 is 0. The number of nitrogens with zero attached hydrogens (tertiary/aromatic N) is 3. The summed E-state index contributed by atoms with van der Waals surface area (Å²) in [6.07, 6.45) is 6.80. The molecule has 7 nitrogen and oxygen atoms in total. The number of hydrogen-bond donors (Lipinski definition) is 1. The number of pyridine rings is 1. The third-order valence-corrected chi connectivity index (χ3v) is 7.00. The maximum Gasteiger partial charge on any atom is 0.272 e. The minimum absolute atomic E-state index is 0.0333. The van der Waals surface area contributed by atoms with Crippen LogP contribution in [0.15, 0.2) is 24.4 Å². The van der Waals surface area contributed by atoms with E-state index in [0.29, 0.717) is 31.7 Å². The molecule has 3 saturated heterocycles. The Hall–Kier alpha value is -2.09. The van der Waals surface area contributed by atoms with Crippen molar-refractivity contribution in [2.45, 2.75) is 37.8 Å². The van der Waals surface area contributed by atoms with Gasteiger partial charge in [0.05, 0.1) is 0 Å². The molecule has 4 rings (SSSR count). The van der Waals surface area contributed by atoms with Gasteiger partial charge in [-0.05, 0) is 43.6 Å². The van der Waals surface area contributed by atoms with Crippen molar-refractivity contribution in [3.63, 3.8) is 0 Å². The van der Waals surface area contributed by atoms with Crippen LogP contribution >= 0.6 is 11.8 Å². The quantitative estimate of drug-likeness (QED) is 0.734. The molecule has 1 aromatic rings. The van der Waals surface area contributed by atoms with Gasteiger partial charge >= 0.3 is 0 Å². The number of hydrogen-bond acceptors (Lipinski definition) is 5. The molecular weight excluding hydrogens is 388 g/mol. The standard InChI is InChI=1S/C21H28N4O3S/c1-29-10-9-23-20(27)19-15-11-14(17-6-4-7-18(26)25(17)19)12-24(13-15)21(28)16-5-2-3-8-22-16/h2-3,5,8,14-15,17,19H,4,6-7,9-13H2,1H3,(H,23,27)/t14-,15+,17+,19-/m1/s1. The Labute approximate surface area is 175 Å². The van der Waals surface area contributed by atoms with Gasteiger partial charge < -0.3 is 15.1 Å². The zero-order valence-corrected chi connectivity index (χ0v) is 17.6. The first-order valence-corrected chi connectivity index (χ1v) is 11.8. The highest BCUT2D eigenvalue weighted by Crippen LogP contribution is 2.41. The van der Waals surface area contributed by atoms with E-state index in [1.807, 2.05) is 22.1 Å². The fourth-order valence-electron chi connectivity index (χ4n) is 5.19. The maximum atomic E-state index is 13.1. The second-order valence-electron chi connectivity index (χ2n) is 8.17. The monoisotopic (exact) mass is 416 g/mol. The van der Waals surface area contributed by atoms with Crippen LogP contribution in [0.25, 0.3) is 0 Å². The van der Waals surface area contributed by atoms with Gasteiger partial charge in [0.1, 0.15) is 11.7 Å². The second-order valence-corrected chi connectivity index (χ2v) is 9.16. The fourth-order valence-corrected chi connectivity index (χ4v) is 5.50. The van der Waals surface area contributed by atoms with Crippen LogP contribution in [0.3, 0.4) is 0 Å². The van der Waals surface area contributed by atoms with Gasteiger partial charge in [-0.25, -0.2) is 0 Å². The molecule has 3 fully saturated rings. The maximum absolute atomic E-state index is 13.1. The predicted octanol–water partition coefficient (Wildman–Crippen LogP) is 1.40. The Balaban J connectivity index is 1.58. The van der Waals surface area contributed by atoms with Crippen molar-refractivity contribution in [3.05, 3.63) is 30.1 Å². The number of rotatable bonds is 5. The molecule has 3 aliphatic heterocycles. The zero-order chi connectivity index (χ0) is 20.4. The molecule has 1 N–H and O–H groups in total. The number of likely N-dealkylation sites (tertiary alicyclic amines) is 1. The van der Waals surface area contributed by atoms with Gasteiger partial charge in [-0.15, -0.1) is 0 Å². The van der Waals surface area contributed by atoms with Crippen LogP contribution in [0.1, 0.15) is 36.2 Å². The molecule has 0 aromatic carbocycles. The van der Waals surface area contributed by atoms with Gasteiger partial charge in [0.15, 0.2) is 0 Å². The third-order valence-electron chi connectivity index (χ3n) is 6.39. The smallest absolute Gasteiger partial charge is 0.272 e. The second kappa shape index (κ2) is 8.73. The molecular formula is C21H28N4O3S. The van der Waals surface area contributed by atoms with Gasteiger partial charge in [-0.2, -0.15) is 11.8 Å². The van der Waals surface area contributed by atoms with Crippen molar-refractivity contribution in [2.75, 3.05) is 31.6 Å². The highest BCUT2D eigenvalue weighted by atomic mass is 32.2. The molecule has 3 aliphatic rings. The molecule has 2 bridgehead atoms. The minimum Gasteiger partial charge on any atom is -0.353 e. The fraction of sp³-hybridized carbons (Fsp3) is 0.619. The molecule has 0 aliphatic carbocycles. The van der Waals surface area contributed by atoms with Crippen LogP contribution in [0.4, 0.5) is 0 Å². The van der Waals surface area contributed by atoms with Gasteiger partial charge in [0.2, 0.25) is 11.8 Å². The number of carbonyl (C=O) groups excluding carboxylic acids is 3. The van der Waals surface area contributed by atoms with Crippen LogP contribution in [0, 0.1) is 11.8 Å². The van der Waals surface area contributed by atoms with Gasteiger partial charge in [0.25, 0.3) is 5.91 Å². The van der Waals surface area contributed by atoms with E-state index >= 15 is 0 Å². The van der Waals surface area contributed by atoms with Crippen molar-refractivity contribution in [2.24, 2.45) is 11.8 Å². The molecule has 0 radical (unpaired) electrons. The topological polar surface area (TPSA) is 82.6 Å². The van der Waals surface area contributed by atoms with Gasteiger partial charge in [-0.3, -0.25) is 19.4 Å². The van der Waals surface area contributed by atoms with Crippen molar-refractivity contribution >= 4 is 29.5 Å². The molecule has 8 heteroatoms. The Morgan fingerprint density at radius 1 is 1.28 bits per heavy atom. The van der Waals surface area contributed by atoms with E-state index in [1.54, 1.807) is 30.1 Å². The number of amides is 3. The number of thioether (sulfide) groups is 1. The van der Waals surface area contributed by atoms with Gasteiger partial charge in [-0.1, -0.05) is 6.07 Å². The van der Waals surface area contributed by atoms with Crippen LogP contribution in [0.5, 0.6) is 0 Å². The number of aromatic nitrogens is 1. The summed E-state index contributed by atoms with van der Waals surface area (Å²) in [6, 6.07) is 4.90. The zero-order valence-electron chi connectivity index (χ0n) is 16.8. The molecule has 4 atom stereocenters. The van der Waals surface area contributed by atoms with Crippen LogP contribution in [0.2, 0.25) is 0 Å². The average Bonchev–Trinajstić information content (AvgIpc) is 2.74. The predicted molar refractivity (Wildman–Crippen MR) is 111 cm³/mol. The van der Waals surface area contributed by atoms with E-state index in [1.165, 1.54) is 0 Å². The molecule has 0 spiro atoms. The molecule has 0 saturated carbocycles. The molecule has 1 aromatic heterocycles. The van der Waals surface area contributed by atoms with E-state index in [9.17, 15) is 14.4 Å². The highest BCUT2D eigenvalue weighted by molar-refractivity contribution is 7.98. The molecule has 4 heterocycles. The Kier molecular flexibility index (Phi) is 6.08. The van der Waals surface area contributed by atoms with Crippen molar-refractivity contribution in [3.8, 4) is 0 Å². The Bertz CT molecular complexity index is 774. The molecule has 156 valence electrons. The van der Waals surface area contributed by atoms with E-state index < -0.39 is 6.04 Å². The normalized spacial score (nSPS) is 28.7. The lowest BCUT2D eigenvalue weighted by molar-refractivity contribution is -0.159. The van der Waals surface area contributed by atoms with Crippen LogP contribution in [-0.4, -0.2) is 76.2 Å². The summed E-state index contributed by atoms with van der Waals surface area (Å²) in [6.45, 7) is 1.71. The lowest BCUT2D eigenvalue weighted by Crippen LogP contribution is -2.68. The van der Waals surface area contributed by atoms with E-state index in [4.69, 9.17) is 0 Å². The van der Waals surface area contributed by atoms with Crippen molar-refractivity contribution < 1.29 is 14.4 Å². The van der Waals surface area contributed by atoms with E-state index in [0.717, 1.165) is 25.0 Å². The Morgan fingerprint density at radius 3 is 2.86 bits per heavy atom. The number of nitrogens with one attached hydrogen (secondary N) is 1. The van der Waals surface area contributed by atoms with Gasteiger partial charge in [0, 0.05) is 50.0 Å². The first-order valence-electron chi connectivity index (χ1n) is 10.4. The van der Waals surface area contributed by atoms with Crippen LogP contribution < -0.4 is 5.32 Å². The number of fused-ring (bicyclic) bond motifs is 4. The number of piperidine rings is 3. The highest BCUT2D eigenvalue weighted by Gasteiger charge is 2.52. The first kappa shape index (κ1) is 20.2. The van der Waals surface area contributed by atoms with E-state index in [-0.39, 0.29) is 35.6 Å². The largest absolute Gasteiger partial charge is 0.353 e. The lowest BCUT2D eigenvalue weighted by atomic mass is 9.71. The SMILES string of the molecule is CSCCNC(=O)[C@H]1[C@H]2C[C@H](CN(C(=O)c3ccccn3)C2)[C@@H]2CCCC(=O)N21. The Morgan fingerprint density at radius 2 is 2.10 bits per heavy atom. The van der Waals surface area contributed by atoms with Crippen molar-refractivity contribution in [1.82, 2.24) is 20.1 Å². The summed E-state index contributed by atoms with van der Waals surface area (Å²) in [5, 5.41) is 3.02. The van der Waals surface area contributed by atoms with Crippen molar-refractivity contribution in [1.29, 1.82) is 0 Å². The minimum atomic E-state index is -0.481. The first-order chi connectivity index (χ1) is 14.1. The summed E-state index contributed by atoms with van der Waals surface area (Å²) in [5.41, 5.74) is 0.435. The molecule has 29 heavy (non-hydrogen) atoms. The summed E-state index contributed by atoms with van der Waals surface area (Å²) >= 11 is 1.68. The lowest BCUT2D eigenvalue weighted by Gasteiger charge is -2.55. The number of carbonyl (C=O) groups is 3. The van der Waals surface area contributed by atoms with Crippen LogP contribution in [-0.2, 0) is 9.59 Å². The third kappa shape index (κ3) is 3.99. The summed E-state index contributed by atoms with van der Waals surface area (Å²) in [7, 11) is 0. The molecule has 3 amide bonds.